The Kier molecular flexibility index (Phi) is 9.84. The van der Waals surface area contributed by atoms with Gasteiger partial charge in [0.1, 0.15) is 0 Å². The quantitative estimate of drug-likeness (QED) is 0.141. The van der Waals surface area contributed by atoms with Crippen LogP contribution >= 0.6 is 0 Å². The summed E-state index contributed by atoms with van der Waals surface area (Å²) in [7, 11) is 0. The van der Waals surface area contributed by atoms with Crippen LogP contribution in [0, 0.1) is 0 Å². The summed E-state index contributed by atoms with van der Waals surface area (Å²) in [5.74, 6) is 0. The summed E-state index contributed by atoms with van der Waals surface area (Å²) in [4.78, 5) is 2.45. The first-order chi connectivity index (χ1) is 34.3. The molecule has 0 saturated carbocycles. The van der Waals surface area contributed by atoms with Crippen molar-refractivity contribution in [2.45, 2.75) is 0 Å². The fourth-order valence-corrected chi connectivity index (χ4v) is 10.7. The number of nitrogens with zero attached hydrogens (tertiary/aromatic N) is 3. The van der Waals surface area contributed by atoms with Gasteiger partial charge in [0.15, 0.2) is 0 Å². The summed E-state index contributed by atoms with van der Waals surface area (Å²) in [6.07, 6.45) is 0. The van der Waals surface area contributed by atoms with Gasteiger partial charge in [-0.05, 0) is 112 Å². The number of aromatic nitrogens is 2. The number of fused-ring (bicyclic) bond motifs is 6. The molecule has 0 aliphatic carbocycles. The van der Waals surface area contributed by atoms with Crippen LogP contribution in [0.3, 0.4) is 0 Å². The van der Waals surface area contributed by atoms with E-state index in [2.05, 4.69) is 287 Å². The lowest BCUT2D eigenvalue weighted by molar-refractivity contribution is 1.18. The van der Waals surface area contributed by atoms with Crippen molar-refractivity contribution < 1.29 is 0 Å². The molecule has 324 valence electrons. The van der Waals surface area contributed by atoms with Gasteiger partial charge >= 0.3 is 0 Å². The van der Waals surface area contributed by atoms with Crippen LogP contribution in [0.25, 0.3) is 99.5 Å². The summed E-state index contributed by atoms with van der Waals surface area (Å²) < 4.78 is 4.80. The molecule has 3 heteroatoms. The average molecular weight is 880 g/mol. The number of para-hydroxylation sites is 5. The topological polar surface area (TPSA) is 13.1 Å². The SMILES string of the molecule is c1ccc(-c2ccccc2-c2ccccc2-c2ccccc2N(c2ccc(-c3cccc4c3c3ccccc3n4-c3ccccc3)cc2)c2ccc3c4ccccc4n(-c4ccccc4)c3c2)cc1. The highest BCUT2D eigenvalue weighted by Gasteiger charge is 2.23. The highest BCUT2D eigenvalue weighted by molar-refractivity contribution is 6.16. The van der Waals surface area contributed by atoms with E-state index in [0.717, 1.165) is 45.1 Å². The minimum atomic E-state index is 1.06. The highest BCUT2D eigenvalue weighted by atomic mass is 15.1. The molecule has 0 amide bonds. The maximum absolute atomic E-state index is 2.45. The van der Waals surface area contributed by atoms with Gasteiger partial charge in [-0.1, -0.05) is 200 Å². The summed E-state index contributed by atoms with van der Waals surface area (Å²) in [5.41, 5.74) is 19.7. The predicted octanol–water partition coefficient (Wildman–Crippen LogP) is 18.0. The maximum atomic E-state index is 2.45. The van der Waals surface area contributed by atoms with Crippen molar-refractivity contribution in [3.05, 3.63) is 273 Å². The molecule has 0 spiro atoms. The Morgan fingerprint density at radius 2 is 0.681 bits per heavy atom. The molecular formula is C66H45N3. The Morgan fingerprint density at radius 1 is 0.246 bits per heavy atom. The maximum Gasteiger partial charge on any atom is 0.0561 e. The summed E-state index contributed by atoms with van der Waals surface area (Å²) in [5, 5.41) is 4.93. The van der Waals surface area contributed by atoms with E-state index in [4.69, 9.17) is 0 Å². The first-order valence-electron chi connectivity index (χ1n) is 23.7. The molecule has 3 nitrogen and oxygen atoms in total. The third-order valence-corrected chi connectivity index (χ3v) is 13.7. The van der Waals surface area contributed by atoms with Crippen LogP contribution in [-0.4, -0.2) is 9.13 Å². The minimum absolute atomic E-state index is 1.06. The van der Waals surface area contributed by atoms with Gasteiger partial charge in [-0.2, -0.15) is 0 Å². The molecular weight excluding hydrogens is 835 g/mol. The van der Waals surface area contributed by atoms with Gasteiger partial charge in [-0.25, -0.2) is 0 Å². The van der Waals surface area contributed by atoms with Crippen molar-refractivity contribution in [2.24, 2.45) is 0 Å². The second kappa shape index (κ2) is 16.9. The minimum Gasteiger partial charge on any atom is -0.310 e. The van der Waals surface area contributed by atoms with Gasteiger partial charge in [0.2, 0.25) is 0 Å². The number of rotatable bonds is 9. The van der Waals surface area contributed by atoms with E-state index in [1.165, 1.54) is 71.5 Å². The van der Waals surface area contributed by atoms with Crippen molar-refractivity contribution in [1.29, 1.82) is 0 Å². The van der Waals surface area contributed by atoms with E-state index in [-0.39, 0.29) is 0 Å². The summed E-state index contributed by atoms with van der Waals surface area (Å²) >= 11 is 0. The summed E-state index contributed by atoms with van der Waals surface area (Å²) in [6.45, 7) is 0. The average Bonchev–Trinajstić information content (AvgIpc) is 3.95. The molecule has 2 aromatic heterocycles. The first kappa shape index (κ1) is 40.1. The fraction of sp³-hybridized carbons (Fsp3) is 0. The van der Waals surface area contributed by atoms with Gasteiger partial charge < -0.3 is 14.0 Å². The van der Waals surface area contributed by atoms with Crippen LogP contribution in [0.4, 0.5) is 17.1 Å². The van der Waals surface area contributed by atoms with E-state index in [0.29, 0.717) is 0 Å². The predicted molar refractivity (Wildman–Crippen MR) is 292 cm³/mol. The fourth-order valence-electron chi connectivity index (χ4n) is 10.7. The lowest BCUT2D eigenvalue weighted by atomic mass is 9.88. The van der Waals surface area contributed by atoms with Crippen LogP contribution < -0.4 is 4.90 Å². The van der Waals surface area contributed by atoms with E-state index in [9.17, 15) is 0 Å². The van der Waals surface area contributed by atoms with Gasteiger partial charge in [0, 0.05) is 49.9 Å². The zero-order chi connectivity index (χ0) is 45.7. The molecule has 13 aromatic rings. The molecule has 0 bridgehead atoms. The number of hydrogen-bond acceptors (Lipinski definition) is 1. The molecule has 0 fully saturated rings. The molecule has 0 aliphatic heterocycles. The Bertz CT molecular complexity index is 4000. The van der Waals surface area contributed by atoms with E-state index >= 15 is 0 Å². The largest absolute Gasteiger partial charge is 0.310 e. The van der Waals surface area contributed by atoms with Crippen LogP contribution in [-0.2, 0) is 0 Å². The molecule has 2 heterocycles. The van der Waals surface area contributed by atoms with Gasteiger partial charge in [-0.3, -0.25) is 0 Å². The second-order valence-corrected chi connectivity index (χ2v) is 17.6. The third kappa shape index (κ3) is 6.82. The van der Waals surface area contributed by atoms with Crippen LogP contribution in [0.15, 0.2) is 273 Å². The molecule has 0 unspecified atom stereocenters. The molecule has 69 heavy (non-hydrogen) atoms. The number of benzene rings is 11. The summed E-state index contributed by atoms with van der Waals surface area (Å²) in [6, 6.07) is 99.1. The van der Waals surface area contributed by atoms with Crippen molar-refractivity contribution in [3.8, 4) is 55.9 Å². The van der Waals surface area contributed by atoms with Crippen molar-refractivity contribution in [1.82, 2.24) is 9.13 Å². The Balaban J connectivity index is 1.02. The second-order valence-electron chi connectivity index (χ2n) is 17.6. The normalized spacial score (nSPS) is 11.5. The van der Waals surface area contributed by atoms with E-state index in [1.54, 1.807) is 0 Å². The van der Waals surface area contributed by atoms with Gasteiger partial charge in [0.05, 0.1) is 27.8 Å². The molecule has 0 radical (unpaired) electrons. The van der Waals surface area contributed by atoms with E-state index in [1.807, 2.05) is 0 Å². The van der Waals surface area contributed by atoms with Crippen LogP contribution in [0.5, 0.6) is 0 Å². The molecule has 11 aromatic carbocycles. The standard InChI is InChI=1S/C66H45N3/c1-4-21-46(22-5-1)52-27-10-11-28-54(52)55-29-12-13-30-56(55)57-31-14-17-35-61(57)67(51-43-44-59-58-32-15-18-36-62(58)69(65(59)45-51)49-25-8-3-9-26-49)50-41-39-47(40-42-50)53-34-20-38-64-66(53)60-33-16-19-37-63(60)68(64)48-23-6-2-7-24-48/h1-45H. The highest BCUT2D eigenvalue weighted by Crippen LogP contribution is 2.47. The monoisotopic (exact) mass is 879 g/mol. The lowest BCUT2D eigenvalue weighted by Crippen LogP contribution is -2.11. The Morgan fingerprint density at radius 3 is 1.36 bits per heavy atom. The van der Waals surface area contributed by atoms with Crippen molar-refractivity contribution in [3.63, 3.8) is 0 Å². The Hall–Kier alpha value is -9.18. The molecule has 13 rings (SSSR count). The van der Waals surface area contributed by atoms with E-state index < -0.39 is 0 Å². The van der Waals surface area contributed by atoms with Crippen LogP contribution in [0.2, 0.25) is 0 Å². The zero-order valence-electron chi connectivity index (χ0n) is 37.8. The molecule has 0 aliphatic rings. The molecule has 0 N–H and O–H groups in total. The molecule has 0 saturated heterocycles. The number of anilines is 3. The van der Waals surface area contributed by atoms with Crippen molar-refractivity contribution in [2.75, 3.05) is 4.90 Å². The lowest BCUT2D eigenvalue weighted by Gasteiger charge is -2.29. The van der Waals surface area contributed by atoms with Gasteiger partial charge in [-0.15, -0.1) is 0 Å². The van der Waals surface area contributed by atoms with Crippen LogP contribution in [0.1, 0.15) is 0 Å². The Labute approximate surface area is 401 Å². The first-order valence-corrected chi connectivity index (χ1v) is 23.7. The van der Waals surface area contributed by atoms with Gasteiger partial charge in [0.25, 0.3) is 0 Å². The smallest absolute Gasteiger partial charge is 0.0561 e. The number of hydrogen-bond donors (Lipinski definition) is 0. The van der Waals surface area contributed by atoms with Crippen molar-refractivity contribution >= 4 is 60.7 Å². The third-order valence-electron chi connectivity index (χ3n) is 13.7. The molecule has 0 atom stereocenters. The zero-order valence-corrected chi connectivity index (χ0v) is 37.8.